The zero-order valence-electron chi connectivity index (χ0n) is 13.6. The van der Waals surface area contributed by atoms with Crippen LogP contribution in [0.5, 0.6) is 0 Å². The van der Waals surface area contributed by atoms with Crippen LogP contribution < -0.4 is 5.32 Å². The Kier molecular flexibility index (Phi) is 4.63. The number of nitrogens with one attached hydrogen (secondary N) is 1. The van der Waals surface area contributed by atoms with Gasteiger partial charge < -0.3 is 10.1 Å². The molecule has 1 heterocycles. The van der Waals surface area contributed by atoms with E-state index in [0.29, 0.717) is 11.6 Å². The Morgan fingerprint density at radius 3 is 2.95 bits per heavy atom. The average Bonchev–Trinajstić information content (AvgIpc) is 3.04. The van der Waals surface area contributed by atoms with Gasteiger partial charge in [0, 0.05) is 6.04 Å². The predicted octanol–water partition coefficient (Wildman–Crippen LogP) is 3.64. The van der Waals surface area contributed by atoms with Gasteiger partial charge in [-0.3, -0.25) is 0 Å². The van der Waals surface area contributed by atoms with Crippen LogP contribution in [0.25, 0.3) is 6.08 Å². The second kappa shape index (κ2) is 6.66. The van der Waals surface area contributed by atoms with Crippen LogP contribution in [0, 0.1) is 6.92 Å². The lowest BCUT2D eigenvalue weighted by molar-refractivity contribution is 0.0600. The maximum absolute atomic E-state index is 11.8. The highest BCUT2D eigenvalue weighted by atomic mass is 16.5. The van der Waals surface area contributed by atoms with Crippen LogP contribution in [-0.2, 0) is 11.2 Å². The molecule has 3 heteroatoms. The molecule has 1 fully saturated rings. The van der Waals surface area contributed by atoms with Gasteiger partial charge in [-0.25, -0.2) is 4.79 Å². The molecule has 1 unspecified atom stereocenters. The third-order valence-corrected chi connectivity index (χ3v) is 4.94. The number of hydrogen-bond acceptors (Lipinski definition) is 3. The number of hydrogen-bond donors (Lipinski definition) is 1. The minimum Gasteiger partial charge on any atom is -0.465 e. The number of carbonyl (C=O) groups is 1. The molecule has 1 aromatic rings. The summed E-state index contributed by atoms with van der Waals surface area (Å²) in [4.78, 5) is 11.8. The van der Waals surface area contributed by atoms with Crippen molar-refractivity contribution in [1.29, 1.82) is 0 Å². The predicted molar refractivity (Wildman–Crippen MR) is 89.1 cm³/mol. The van der Waals surface area contributed by atoms with Gasteiger partial charge in [-0.05, 0) is 74.8 Å². The lowest BCUT2D eigenvalue weighted by Crippen LogP contribution is -2.21. The summed E-state index contributed by atoms with van der Waals surface area (Å²) in [6.45, 7) is 3.17. The second-order valence-electron chi connectivity index (χ2n) is 6.49. The number of benzene rings is 1. The van der Waals surface area contributed by atoms with Crippen LogP contribution in [-0.4, -0.2) is 25.7 Å². The molecule has 1 atom stereocenters. The number of ether oxygens (including phenoxy) is 1. The number of esters is 1. The van der Waals surface area contributed by atoms with Gasteiger partial charge in [-0.1, -0.05) is 17.7 Å². The maximum Gasteiger partial charge on any atom is 0.338 e. The minimum atomic E-state index is -0.234. The third-order valence-electron chi connectivity index (χ3n) is 4.94. The smallest absolute Gasteiger partial charge is 0.338 e. The van der Waals surface area contributed by atoms with Crippen LogP contribution in [0.2, 0.25) is 0 Å². The number of aryl methyl sites for hydroxylation is 2. The Morgan fingerprint density at radius 2 is 2.23 bits per heavy atom. The second-order valence-corrected chi connectivity index (χ2v) is 6.49. The quantitative estimate of drug-likeness (QED) is 0.863. The van der Waals surface area contributed by atoms with Crippen LogP contribution in [0.15, 0.2) is 17.7 Å². The van der Waals surface area contributed by atoms with Crippen molar-refractivity contribution in [3.8, 4) is 0 Å². The summed E-state index contributed by atoms with van der Waals surface area (Å²) in [5.74, 6) is -0.234. The molecule has 3 rings (SSSR count). The fourth-order valence-corrected chi connectivity index (χ4v) is 3.60. The van der Waals surface area contributed by atoms with Gasteiger partial charge in [0.15, 0.2) is 0 Å². The van der Waals surface area contributed by atoms with Crippen LogP contribution >= 0.6 is 0 Å². The zero-order valence-corrected chi connectivity index (χ0v) is 13.6. The molecule has 0 radical (unpaired) electrons. The molecule has 1 saturated heterocycles. The monoisotopic (exact) mass is 299 g/mol. The van der Waals surface area contributed by atoms with Gasteiger partial charge in [0.1, 0.15) is 0 Å². The largest absolute Gasteiger partial charge is 0.465 e. The Morgan fingerprint density at radius 1 is 1.36 bits per heavy atom. The summed E-state index contributed by atoms with van der Waals surface area (Å²) in [7, 11) is 1.44. The first-order valence-corrected chi connectivity index (χ1v) is 8.32. The van der Waals surface area contributed by atoms with Gasteiger partial charge >= 0.3 is 5.97 Å². The molecule has 0 aromatic heterocycles. The Balaban J connectivity index is 1.74. The van der Waals surface area contributed by atoms with Crippen molar-refractivity contribution in [3.63, 3.8) is 0 Å². The highest BCUT2D eigenvalue weighted by Crippen LogP contribution is 2.30. The molecule has 2 aliphatic rings. The summed E-state index contributed by atoms with van der Waals surface area (Å²) in [5, 5.41) is 3.57. The van der Waals surface area contributed by atoms with Crippen molar-refractivity contribution in [2.75, 3.05) is 13.7 Å². The number of carbonyl (C=O) groups excluding carboxylic acids is 1. The van der Waals surface area contributed by atoms with Crippen LogP contribution in [0.1, 0.15) is 59.2 Å². The van der Waals surface area contributed by atoms with E-state index in [2.05, 4.69) is 17.5 Å². The summed E-state index contributed by atoms with van der Waals surface area (Å²) in [5.41, 5.74) is 5.81. The molecule has 3 nitrogen and oxygen atoms in total. The van der Waals surface area contributed by atoms with E-state index in [9.17, 15) is 4.79 Å². The average molecular weight is 299 g/mol. The first-order valence-electron chi connectivity index (χ1n) is 8.32. The maximum atomic E-state index is 11.8. The topological polar surface area (TPSA) is 38.3 Å². The van der Waals surface area contributed by atoms with Crippen molar-refractivity contribution >= 4 is 12.0 Å². The molecule has 22 heavy (non-hydrogen) atoms. The number of rotatable bonds is 4. The van der Waals surface area contributed by atoms with E-state index >= 15 is 0 Å². The SMILES string of the molecule is COC(=O)c1cc2c(cc1C)C=C(CCC1CCCN1)CC2. The van der Waals surface area contributed by atoms with E-state index in [1.807, 2.05) is 13.0 Å². The first-order chi connectivity index (χ1) is 10.7. The van der Waals surface area contributed by atoms with Crippen LogP contribution in [0.4, 0.5) is 0 Å². The van der Waals surface area contributed by atoms with Crippen LogP contribution in [0.3, 0.4) is 0 Å². The molecular formula is C19H25NO2. The van der Waals surface area contributed by atoms with Crippen molar-refractivity contribution in [3.05, 3.63) is 40.0 Å². The molecule has 0 spiro atoms. The summed E-state index contributed by atoms with van der Waals surface area (Å²) in [6.07, 6.45) is 9.57. The molecule has 1 N–H and O–H groups in total. The molecule has 0 saturated carbocycles. The Hall–Kier alpha value is -1.61. The van der Waals surface area contributed by atoms with E-state index in [1.165, 1.54) is 50.5 Å². The summed E-state index contributed by atoms with van der Waals surface area (Å²) >= 11 is 0. The number of methoxy groups -OCH3 is 1. The normalized spacial score (nSPS) is 20.5. The molecule has 0 bridgehead atoms. The molecule has 1 aliphatic carbocycles. The standard InChI is InChI=1S/C19H25NO2/c1-13-10-16-11-14(6-8-17-4-3-9-20-17)5-7-15(16)12-18(13)19(21)22-2/h10-12,17,20H,3-9H2,1-2H3. The highest BCUT2D eigenvalue weighted by molar-refractivity contribution is 5.91. The lowest BCUT2D eigenvalue weighted by atomic mass is 9.87. The highest BCUT2D eigenvalue weighted by Gasteiger charge is 2.18. The van der Waals surface area contributed by atoms with Crippen molar-refractivity contribution in [2.45, 2.75) is 51.5 Å². The van der Waals surface area contributed by atoms with Gasteiger partial charge in [-0.15, -0.1) is 0 Å². The van der Waals surface area contributed by atoms with E-state index < -0.39 is 0 Å². The Bertz CT molecular complexity index is 598. The van der Waals surface area contributed by atoms with E-state index in [0.717, 1.165) is 18.4 Å². The van der Waals surface area contributed by atoms with Gasteiger partial charge in [0.2, 0.25) is 0 Å². The number of allylic oxidation sites excluding steroid dienone is 1. The molecule has 1 aliphatic heterocycles. The van der Waals surface area contributed by atoms with Crippen molar-refractivity contribution in [2.24, 2.45) is 0 Å². The van der Waals surface area contributed by atoms with E-state index in [4.69, 9.17) is 4.74 Å². The molecular weight excluding hydrogens is 274 g/mol. The fraction of sp³-hybridized carbons (Fsp3) is 0.526. The summed E-state index contributed by atoms with van der Waals surface area (Å²) in [6, 6.07) is 4.86. The minimum absolute atomic E-state index is 0.234. The Labute approximate surface area is 132 Å². The van der Waals surface area contributed by atoms with E-state index in [-0.39, 0.29) is 5.97 Å². The van der Waals surface area contributed by atoms with Crippen molar-refractivity contribution in [1.82, 2.24) is 5.32 Å². The molecule has 1 aromatic carbocycles. The fourth-order valence-electron chi connectivity index (χ4n) is 3.60. The van der Waals surface area contributed by atoms with Gasteiger partial charge in [0.25, 0.3) is 0 Å². The van der Waals surface area contributed by atoms with Gasteiger partial charge in [0.05, 0.1) is 12.7 Å². The first kappa shape index (κ1) is 15.3. The third kappa shape index (κ3) is 3.25. The molecule has 0 amide bonds. The lowest BCUT2D eigenvalue weighted by Gasteiger charge is -2.19. The van der Waals surface area contributed by atoms with E-state index in [1.54, 1.807) is 5.57 Å². The van der Waals surface area contributed by atoms with Gasteiger partial charge in [-0.2, -0.15) is 0 Å². The number of fused-ring (bicyclic) bond motifs is 1. The summed E-state index contributed by atoms with van der Waals surface area (Å²) < 4.78 is 4.86. The van der Waals surface area contributed by atoms with Crippen molar-refractivity contribution < 1.29 is 9.53 Å². The molecule has 118 valence electrons. The zero-order chi connectivity index (χ0) is 15.5.